The first kappa shape index (κ1) is 25.5. The number of benzene rings is 2. The Balaban J connectivity index is 1.10. The topological polar surface area (TPSA) is 109 Å². The Morgan fingerprint density at radius 2 is 2.19 bits per heavy atom. The number of halogens is 1. The number of amides is 1. The van der Waals surface area contributed by atoms with E-state index in [0.717, 1.165) is 35.5 Å². The van der Waals surface area contributed by atoms with Crippen molar-refractivity contribution >= 4 is 23.2 Å². The fourth-order valence-corrected chi connectivity index (χ4v) is 4.84. The minimum absolute atomic E-state index is 0.172. The van der Waals surface area contributed by atoms with Gasteiger partial charge in [0.25, 0.3) is 5.91 Å². The van der Waals surface area contributed by atoms with Gasteiger partial charge in [-0.2, -0.15) is 0 Å². The molecule has 3 aromatic rings. The number of anilines is 1. The summed E-state index contributed by atoms with van der Waals surface area (Å²) in [6.07, 6.45) is 1.46. The summed E-state index contributed by atoms with van der Waals surface area (Å²) < 4.78 is 16.4. The van der Waals surface area contributed by atoms with E-state index < -0.39 is 6.10 Å². The van der Waals surface area contributed by atoms with Crippen molar-refractivity contribution in [1.82, 2.24) is 15.2 Å². The Morgan fingerprint density at radius 3 is 2.95 bits per heavy atom. The maximum Gasteiger partial charge on any atom is 0.251 e. The van der Waals surface area contributed by atoms with Crippen LogP contribution in [-0.4, -0.2) is 65.9 Å². The number of aliphatic hydroxyl groups excluding tert-OH is 1. The summed E-state index contributed by atoms with van der Waals surface area (Å²) in [5.41, 5.74) is 4.40. The molecule has 0 saturated carbocycles. The Morgan fingerprint density at radius 1 is 1.32 bits per heavy atom. The third-order valence-electron chi connectivity index (χ3n) is 6.68. The van der Waals surface area contributed by atoms with Crippen LogP contribution in [0.15, 0.2) is 47.2 Å². The molecule has 1 fully saturated rings. The number of β-amino-alcohol motifs (C(OH)–C–C–N with tert-alkyl or cyclic N) is 1. The first-order chi connectivity index (χ1) is 18.0. The van der Waals surface area contributed by atoms with E-state index in [1.807, 2.05) is 37.3 Å². The van der Waals surface area contributed by atoms with Gasteiger partial charge in [0.2, 0.25) is 0 Å². The van der Waals surface area contributed by atoms with Crippen LogP contribution in [0.2, 0.25) is 5.02 Å². The van der Waals surface area contributed by atoms with E-state index in [4.69, 9.17) is 25.5 Å². The minimum atomic E-state index is -0.692. The van der Waals surface area contributed by atoms with Gasteiger partial charge in [0.05, 0.1) is 36.1 Å². The van der Waals surface area contributed by atoms with Crippen LogP contribution < -0.4 is 15.4 Å². The highest BCUT2D eigenvalue weighted by molar-refractivity contribution is 6.33. The Kier molecular flexibility index (Phi) is 7.95. The van der Waals surface area contributed by atoms with Crippen molar-refractivity contribution < 1.29 is 23.8 Å². The van der Waals surface area contributed by atoms with Crippen molar-refractivity contribution in [2.45, 2.75) is 38.6 Å². The lowest BCUT2D eigenvalue weighted by Crippen LogP contribution is -2.42. The molecule has 5 rings (SSSR count). The second-order valence-electron chi connectivity index (χ2n) is 9.47. The molecule has 0 bridgehead atoms. The van der Waals surface area contributed by atoms with Crippen molar-refractivity contribution in [2.75, 3.05) is 38.2 Å². The second-order valence-corrected chi connectivity index (χ2v) is 9.85. The molecule has 10 heteroatoms. The zero-order chi connectivity index (χ0) is 25.8. The molecule has 0 spiro atoms. The highest BCUT2D eigenvalue weighted by Crippen LogP contribution is 2.34. The molecular weight excluding hydrogens is 496 g/mol. The standard InChI is InChI=1S/C27H31ClN4O5/c1-17-25(37-16-30-17)15-36-24-6-5-19-11-32(8-7-23(19)26(24)28)12-22(33)10-29-27(34)18-3-2-4-20(9-18)31-21-13-35-14-21/h2-6,9,16,21-22,31,33H,7-8,10-15H2,1H3,(H,29,34)/t22-/m0/s1. The summed E-state index contributed by atoms with van der Waals surface area (Å²) in [5, 5.41) is 17.4. The molecular formula is C27H31ClN4O5. The average Bonchev–Trinajstić information content (AvgIpc) is 3.29. The lowest BCUT2D eigenvalue weighted by atomic mass is 9.99. The highest BCUT2D eigenvalue weighted by Gasteiger charge is 2.23. The predicted molar refractivity (Wildman–Crippen MR) is 139 cm³/mol. The number of aromatic nitrogens is 1. The van der Waals surface area contributed by atoms with Crippen molar-refractivity contribution in [3.63, 3.8) is 0 Å². The summed E-state index contributed by atoms with van der Waals surface area (Å²) in [7, 11) is 0. The fraction of sp³-hybridized carbons (Fsp3) is 0.407. The number of ether oxygens (including phenoxy) is 2. The highest BCUT2D eigenvalue weighted by atomic mass is 35.5. The number of oxazole rings is 1. The third-order valence-corrected chi connectivity index (χ3v) is 7.10. The maximum atomic E-state index is 12.6. The monoisotopic (exact) mass is 526 g/mol. The van der Waals surface area contributed by atoms with Gasteiger partial charge < -0.3 is 29.6 Å². The molecule has 3 N–H and O–H groups in total. The smallest absolute Gasteiger partial charge is 0.251 e. The minimum Gasteiger partial charge on any atom is -0.484 e. The van der Waals surface area contributed by atoms with E-state index in [1.54, 1.807) is 6.07 Å². The summed E-state index contributed by atoms with van der Waals surface area (Å²) in [5.74, 6) is 1.08. The summed E-state index contributed by atoms with van der Waals surface area (Å²) in [6.45, 7) is 5.52. The molecule has 37 heavy (non-hydrogen) atoms. The molecule has 1 amide bonds. The van der Waals surface area contributed by atoms with Gasteiger partial charge >= 0.3 is 0 Å². The molecule has 2 aliphatic rings. The number of hydrogen-bond donors (Lipinski definition) is 3. The lowest BCUT2D eigenvalue weighted by Gasteiger charge is -2.31. The molecule has 0 unspecified atom stereocenters. The number of aryl methyl sites for hydroxylation is 1. The van der Waals surface area contributed by atoms with Gasteiger partial charge in [-0.3, -0.25) is 9.69 Å². The number of nitrogens with one attached hydrogen (secondary N) is 2. The van der Waals surface area contributed by atoms with E-state index >= 15 is 0 Å². The maximum absolute atomic E-state index is 12.6. The van der Waals surface area contributed by atoms with Gasteiger partial charge in [0, 0.05) is 37.4 Å². The molecule has 2 aromatic carbocycles. The Labute approximate surface area is 220 Å². The van der Waals surface area contributed by atoms with Gasteiger partial charge in [0.1, 0.15) is 12.4 Å². The SMILES string of the molecule is Cc1ncoc1COc1ccc2c(c1Cl)CCN(C[C@@H](O)CNC(=O)c1cccc(NC3COC3)c1)C2. The Hall–Kier alpha value is -3.11. The summed E-state index contributed by atoms with van der Waals surface area (Å²) >= 11 is 6.66. The van der Waals surface area contributed by atoms with Gasteiger partial charge in [-0.25, -0.2) is 4.98 Å². The van der Waals surface area contributed by atoms with Gasteiger partial charge in [-0.1, -0.05) is 23.7 Å². The van der Waals surface area contributed by atoms with Crippen LogP contribution >= 0.6 is 11.6 Å². The number of carbonyl (C=O) groups is 1. The normalized spacial score (nSPS) is 16.5. The molecule has 0 radical (unpaired) electrons. The number of fused-ring (bicyclic) bond motifs is 1. The molecule has 196 valence electrons. The van der Waals surface area contributed by atoms with Crippen LogP contribution in [0, 0.1) is 6.92 Å². The largest absolute Gasteiger partial charge is 0.484 e. The zero-order valence-corrected chi connectivity index (χ0v) is 21.5. The number of rotatable bonds is 10. The zero-order valence-electron chi connectivity index (χ0n) is 20.7. The van der Waals surface area contributed by atoms with Crippen LogP contribution in [0.1, 0.15) is 32.9 Å². The predicted octanol–water partition coefficient (Wildman–Crippen LogP) is 3.18. The molecule has 3 heterocycles. The molecule has 2 aliphatic heterocycles. The summed E-state index contributed by atoms with van der Waals surface area (Å²) in [6, 6.07) is 11.5. The summed E-state index contributed by atoms with van der Waals surface area (Å²) in [4.78, 5) is 18.9. The van der Waals surface area contributed by atoms with Crippen molar-refractivity contribution in [1.29, 1.82) is 0 Å². The van der Waals surface area contributed by atoms with Crippen LogP contribution in [0.25, 0.3) is 0 Å². The van der Waals surface area contributed by atoms with Gasteiger partial charge in [0.15, 0.2) is 12.2 Å². The van der Waals surface area contributed by atoms with Crippen LogP contribution in [0.3, 0.4) is 0 Å². The molecule has 0 aliphatic carbocycles. The van der Waals surface area contributed by atoms with Crippen LogP contribution in [0.5, 0.6) is 5.75 Å². The molecule has 1 atom stereocenters. The molecule has 9 nitrogen and oxygen atoms in total. The van der Waals surface area contributed by atoms with E-state index in [9.17, 15) is 9.90 Å². The first-order valence-corrected chi connectivity index (χ1v) is 12.8. The van der Waals surface area contributed by atoms with E-state index in [1.165, 1.54) is 6.39 Å². The molecule has 1 saturated heterocycles. The van der Waals surface area contributed by atoms with Gasteiger partial charge in [-0.15, -0.1) is 0 Å². The number of nitrogens with zero attached hydrogens (tertiary/aromatic N) is 2. The number of aliphatic hydroxyl groups is 1. The number of carbonyl (C=O) groups excluding carboxylic acids is 1. The van der Waals surface area contributed by atoms with Crippen molar-refractivity contribution in [3.8, 4) is 5.75 Å². The van der Waals surface area contributed by atoms with E-state index in [0.29, 0.717) is 48.4 Å². The fourth-order valence-electron chi connectivity index (χ4n) is 4.50. The van der Waals surface area contributed by atoms with Crippen LogP contribution in [-0.2, 0) is 24.3 Å². The van der Waals surface area contributed by atoms with Crippen molar-refractivity contribution in [3.05, 3.63) is 76.0 Å². The van der Waals surface area contributed by atoms with Crippen LogP contribution in [0.4, 0.5) is 5.69 Å². The first-order valence-electron chi connectivity index (χ1n) is 12.4. The molecule has 1 aromatic heterocycles. The van der Waals surface area contributed by atoms with Crippen molar-refractivity contribution in [2.24, 2.45) is 0 Å². The third kappa shape index (κ3) is 6.24. The van der Waals surface area contributed by atoms with E-state index in [-0.39, 0.29) is 25.1 Å². The quantitative estimate of drug-likeness (QED) is 0.369. The van der Waals surface area contributed by atoms with E-state index in [2.05, 4.69) is 20.5 Å². The average molecular weight is 527 g/mol. The number of hydrogen-bond acceptors (Lipinski definition) is 8. The lowest BCUT2D eigenvalue weighted by molar-refractivity contribution is 0.0211. The second kappa shape index (κ2) is 11.5. The Bertz CT molecular complexity index is 1250. The van der Waals surface area contributed by atoms with Gasteiger partial charge in [-0.05, 0) is 48.7 Å².